The molecule has 86 valence electrons. The zero-order valence-electron chi connectivity index (χ0n) is 9.09. The zero-order valence-corrected chi connectivity index (χ0v) is 9.09. The van der Waals surface area contributed by atoms with Crippen LogP contribution in [0.5, 0.6) is 0 Å². The molecule has 1 aliphatic rings. The second-order valence-electron chi connectivity index (χ2n) is 4.10. The third-order valence-electron chi connectivity index (χ3n) is 2.97. The number of rotatable bonds is 5. The molecule has 0 saturated carbocycles. The maximum atomic E-state index is 11.0. The van der Waals surface area contributed by atoms with E-state index in [1.165, 1.54) is 0 Å². The van der Waals surface area contributed by atoms with E-state index in [-0.39, 0.29) is 5.92 Å². The highest BCUT2D eigenvalue weighted by molar-refractivity contribution is 5.74. The van der Waals surface area contributed by atoms with Gasteiger partial charge in [-0.2, -0.15) is 0 Å². The average Bonchev–Trinajstić information content (AvgIpc) is 2.61. The smallest absolute Gasteiger partial charge is 0.320 e. The van der Waals surface area contributed by atoms with Gasteiger partial charge >= 0.3 is 5.97 Å². The lowest BCUT2D eigenvalue weighted by Gasteiger charge is -2.23. The van der Waals surface area contributed by atoms with Crippen molar-refractivity contribution in [3.05, 3.63) is 12.7 Å². The number of β-amino-alcohol motifs (C(OH)–C–C–N with tert-alkyl or cyclic N) is 1. The fourth-order valence-electron chi connectivity index (χ4n) is 1.97. The summed E-state index contributed by atoms with van der Waals surface area (Å²) in [6, 6.07) is -0.464. The lowest BCUT2D eigenvalue weighted by molar-refractivity contribution is -0.142. The van der Waals surface area contributed by atoms with E-state index in [4.69, 9.17) is 5.11 Å². The molecule has 0 amide bonds. The molecule has 0 bridgehead atoms. The van der Waals surface area contributed by atoms with Gasteiger partial charge in [-0.1, -0.05) is 13.0 Å². The number of carbonyl (C=O) groups is 1. The summed E-state index contributed by atoms with van der Waals surface area (Å²) in [4.78, 5) is 12.8. The standard InChI is InChI=1S/C11H19NO3/c1-3-8-5-10(11(14)15)12(6-8)7-9(13)4-2/h3,8-10,13H,1,4-7H2,2H3,(H,14,15)/t8-,9?,10-/m1/s1. The fraction of sp³-hybridized carbons (Fsp3) is 0.727. The van der Waals surface area contributed by atoms with Crippen LogP contribution < -0.4 is 0 Å². The van der Waals surface area contributed by atoms with Crippen molar-refractivity contribution in [3.8, 4) is 0 Å². The molecule has 1 saturated heterocycles. The van der Waals surface area contributed by atoms with Gasteiger partial charge in [-0.15, -0.1) is 6.58 Å². The Morgan fingerprint density at radius 3 is 2.87 bits per heavy atom. The van der Waals surface area contributed by atoms with Gasteiger partial charge in [0.15, 0.2) is 0 Å². The van der Waals surface area contributed by atoms with Gasteiger partial charge in [0.2, 0.25) is 0 Å². The molecular formula is C11H19NO3. The van der Waals surface area contributed by atoms with Crippen molar-refractivity contribution < 1.29 is 15.0 Å². The summed E-state index contributed by atoms with van der Waals surface area (Å²) in [6.07, 6.45) is 2.63. The Morgan fingerprint density at radius 2 is 2.40 bits per heavy atom. The van der Waals surface area contributed by atoms with E-state index in [2.05, 4.69) is 6.58 Å². The van der Waals surface area contributed by atoms with Crippen molar-refractivity contribution in [1.29, 1.82) is 0 Å². The number of carboxylic acids is 1. The van der Waals surface area contributed by atoms with Gasteiger partial charge in [0.25, 0.3) is 0 Å². The van der Waals surface area contributed by atoms with Crippen LogP contribution >= 0.6 is 0 Å². The summed E-state index contributed by atoms with van der Waals surface area (Å²) >= 11 is 0. The van der Waals surface area contributed by atoms with E-state index in [1.807, 2.05) is 11.8 Å². The molecule has 1 fully saturated rings. The molecule has 4 heteroatoms. The summed E-state index contributed by atoms with van der Waals surface area (Å²) in [5.41, 5.74) is 0. The first-order chi connectivity index (χ1) is 7.08. The molecule has 0 spiro atoms. The highest BCUT2D eigenvalue weighted by Gasteiger charge is 2.35. The Bertz CT molecular complexity index is 242. The predicted molar refractivity (Wildman–Crippen MR) is 57.6 cm³/mol. The molecule has 1 heterocycles. The largest absolute Gasteiger partial charge is 0.480 e. The van der Waals surface area contributed by atoms with Gasteiger partial charge in [0.05, 0.1) is 6.10 Å². The minimum Gasteiger partial charge on any atom is -0.480 e. The predicted octanol–water partition coefficient (Wildman–Crippen LogP) is 0.718. The first kappa shape index (κ1) is 12.2. The lowest BCUT2D eigenvalue weighted by atomic mass is 10.1. The molecule has 15 heavy (non-hydrogen) atoms. The van der Waals surface area contributed by atoms with Gasteiger partial charge < -0.3 is 10.2 Å². The summed E-state index contributed by atoms with van der Waals surface area (Å²) in [6.45, 7) is 6.71. The summed E-state index contributed by atoms with van der Waals surface area (Å²) in [7, 11) is 0. The molecule has 3 atom stereocenters. The zero-order chi connectivity index (χ0) is 11.4. The Morgan fingerprint density at radius 1 is 1.73 bits per heavy atom. The van der Waals surface area contributed by atoms with Crippen molar-refractivity contribution in [3.63, 3.8) is 0 Å². The quantitative estimate of drug-likeness (QED) is 0.661. The van der Waals surface area contributed by atoms with E-state index in [9.17, 15) is 9.90 Å². The van der Waals surface area contributed by atoms with Crippen molar-refractivity contribution >= 4 is 5.97 Å². The number of hydrogen-bond donors (Lipinski definition) is 2. The number of aliphatic hydroxyl groups is 1. The number of hydrogen-bond acceptors (Lipinski definition) is 3. The summed E-state index contributed by atoms with van der Waals surface area (Å²) in [5, 5.41) is 18.5. The first-order valence-electron chi connectivity index (χ1n) is 5.36. The lowest BCUT2D eigenvalue weighted by Crippen LogP contribution is -2.40. The molecule has 0 aromatic heterocycles. The van der Waals surface area contributed by atoms with Crippen molar-refractivity contribution in [2.24, 2.45) is 5.92 Å². The molecule has 4 nitrogen and oxygen atoms in total. The van der Waals surface area contributed by atoms with Gasteiger partial charge in [-0.25, -0.2) is 0 Å². The molecule has 1 aliphatic heterocycles. The number of nitrogens with zero attached hydrogens (tertiary/aromatic N) is 1. The second kappa shape index (κ2) is 5.28. The average molecular weight is 213 g/mol. The normalized spacial score (nSPS) is 28.9. The van der Waals surface area contributed by atoms with Crippen LogP contribution in [0.25, 0.3) is 0 Å². The van der Waals surface area contributed by atoms with Gasteiger partial charge in [0.1, 0.15) is 6.04 Å². The molecular weight excluding hydrogens is 194 g/mol. The van der Waals surface area contributed by atoms with Crippen LogP contribution in [0.4, 0.5) is 0 Å². The minimum atomic E-state index is -0.803. The number of carboxylic acid groups (broad SMARTS) is 1. The Hall–Kier alpha value is -0.870. The molecule has 1 unspecified atom stereocenters. The highest BCUT2D eigenvalue weighted by atomic mass is 16.4. The van der Waals surface area contributed by atoms with Crippen LogP contribution in [-0.4, -0.2) is 46.3 Å². The molecule has 2 N–H and O–H groups in total. The molecule has 0 aromatic rings. The topological polar surface area (TPSA) is 60.8 Å². The van der Waals surface area contributed by atoms with Crippen molar-refractivity contribution in [2.75, 3.05) is 13.1 Å². The van der Waals surface area contributed by atoms with E-state index in [1.54, 1.807) is 6.08 Å². The Balaban J connectivity index is 2.60. The first-order valence-corrected chi connectivity index (χ1v) is 5.36. The maximum Gasteiger partial charge on any atom is 0.320 e. The van der Waals surface area contributed by atoms with Gasteiger partial charge in [-0.05, 0) is 18.8 Å². The van der Waals surface area contributed by atoms with Crippen LogP contribution in [0.2, 0.25) is 0 Å². The molecule has 1 rings (SSSR count). The SMILES string of the molecule is C=C[C@@H]1C[C@H](C(=O)O)N(CC(O)CC)C1. The van der Waals surface area contributed by atoms with Crippen LogP contribution in [-0.2, 0) is 4.79 Å². The molecule has 0 aliphatic carbocycles. The van der Waals surface area contributed by atoms with Crippen LogP contribution in [0.3, 0.4) is 0 Å². The minimum absolute atomic E-state index is 0.232. The van der Waals surface area contributed by atoms with Gasteiger partial charge in [0, 0.05) is 13.1 Å². The molecule has 0 aromatic carbocycles. The highest BCUT2D eigenvalue weighted by Crippen LogP contribution is 2.24. The van der Waals surface area contributed by atoms with E-state index in [0.29, 0.717) is 25.9 Å². The third kappa shape index (κ3) is 3.04. The third-order valence-corrected chi connectivity index (χ3v) is 2.97. The van der Waals surface area contributed by atoms with E-state index >= 15 is 0 Å². The summed E-state index contributed by atoms with van der Waals surface area (Å²) in [5.74, 6) is -0.571. The van der Waals surface area contributed by atoms with E-state index < -0.39 is 18.1 Å². The monoisotopic (exact) mass is 213 g/mol. The Labute approximate surface area is 90.2 Å². The van der Waals surface area contributed by atoms with E-state index in [0.717, 1.165) is 0 Å². The van der Waals surface area contributed by atoms with Crippen LogP contribution in [0.15, 0.2) is 12.7 Å². The summed E-state index contributed by atoms with van der Waals surface area (Å²) < 4.78 is 0. The Kier molecular flexibility index (Phi) is 4.29. The maximum absolute atomic E-state index is 11.0. The van der Waals surface area contributed by atoms with Crippen molar-refractivity contribution in [1.82, 2.24) is 4.90 Å². The number of aliphatic carboxylic acids is 1. The van der Waals surface area contributed by atoms with Crippen LogP contribution in [0, 0.1) is 5.92 Å². The number of aliphatic hydroxyl groups excluding tert-OH is 1. The second-order valence-corrected chi connectivity index (χ2v) is 4.10. The van der Waals surface area contributed by atoms with Crippen LogP contribution in [0.1, 0.15) is 19.8 Å². The fourth-order valence-corrected chi connectivity index (χ4v) is 1.97. The van der Waals surface area contributed by atoms with Crippen molar-refractivity contribution in [2.45, 2.75) is 31.9 Å². The number of likely N-dealkylation sites (tertiary alicyclic amines) is 1. The molecule has 0 radical (unpaired) electrons. The van der Waals surface area contributed by atoms with Gasteiger partial charge in [-0.3, -0.25) is 9.69 Å².